The Morgan fingerprint density at radius 1 is 1.27 bits per heavy atom. The fourth-order valence-corrected chi connectivity index (χ4v) is 5.02. The predicted molar refractivity (Wildman–Crippen MR) is 110 cm³/mol. The van der Waals surface area contributed by atoms with Crippen molar-refractivity contribution in [2.24, 2.45) is 5.41 Å². The third kappa shape index (κ3) is 5.15. The summed E-state index contributed by atoms with van der Waals surface area (Å²) >= 11 is 1.78. The SMILES string of the molecule is CC(C)c1csc(CN2CCC[C@](CO)(CCCc3ccccc3)C2)n1. The maximum Gasteiger partial charge on any atom is 0.107 e. The molecule has 0 spiro atoms. The Hall–Kier alpha value is -1.23. The van der Waals surface area contributed by atoms with Crippen LogP contribution in [0.2, 0.25) is 0 Å². The normalized spacial score (nSPS) is 21.4. The highest BCUT2D eigenvalue weighted by Crippen LogP contribution is 2.35. The van der Waals surface area contributed by atoms with E-state index < -0.39 is 0 Å². The monoisotopic (exact) mass is 372 g/mol. The summed E-state index contributed by atoms with van der Waals surface area (Å²) in [5.74, 6) is 0.496. The minimum absolute atomic E-state index is 0.0607. The standard InChI is InChI=1S/C22H32N2OS/c1-18(2)20-15-26-21(23-20)14-24-13-7-12-22(16-24,17-25)11-6-10-19-8-4-3-5-9-19/h3-5,8-9,15,18,25H,6-7,10-14,16-17H2,1-2H3/t22-/m1/s1. The molecule has 0 amide bonds. The minimum Gasteiger partial charge on any atom is -0.396 e. The zero-order valence-electron chi connectivity index (χ0n) is 16.2. The van der Waals surface area contributed by atoms with Crippen LogP contribution in [0.15, 0.2) is 35.7 Å². The number of hydrogen-bond donors (Lipinski definition) is 1. The van der Waals surface area contributed by atoms with Crippen LogP contribution in [0, 0.1) is 5.41 Å². The first kappa shape index (κ1) is 19.5. The van der Waals surface area contributed by atoms with E-state index in [1.54, 1.807) is 11.3 Å². The number of hydrogen-bond acceptors (Lipinski definition) is 4. The number of likely N-dealkylation sites (tertiary alicyclic amines) is 1. The highest BCUT2D eigenvalue weighted by atomic mass is 32.1. The van der Waals surface area contributed by atoms with Gasteiger partial charge in [0.2, 0.25) is 0 Å². The molecule has 1 aliphatic rings. The molecule has 0 aliphatic carbocycles. The van der Waals surface area contributed by atoms with Crippen molar-refractivity contribution >= 4 is 11.3 Å². The second-order valence-corrected chi connectivity index (χ2v) is 9.07. The molecule has 0 saturated carbocycles. The van der Waals surface area contributed by atoms with E-state index in [0.717, 1.165) is 45.3 Å². The van der Waals surface area contributed by atoms with Crippen molar-refractivity contribution in [2.75, 3.05) is 19.7 Å². The maximum atomic E-state index is 10.2. The summed E-state index contributed by atoms with van der Waals surface area (Å²) in [6.45, 7) is 7.74. The first-order valence-electron chi connectivity index (χ1n) is 9.92. The van der Waals surface area contributed by atoms with Gasteiger partial charge in [-0.25, -0.2) is 4.98 Å². The molecule has 2 aromatic rings. The van der Waals surface area contributed by atoms with Crippen LogP contribution in [0.3, 0.4) is 0 Å². The summed E-state index contributed by atoms with van der Waals surface area (Å²) in [5, 5.41) is 13.6. The van der Waals surface area contributed by atoms with Crippen molar-refractivity contribution < 1.29 is 5.11 Å². The molecule has 3 rings (SSSR count). The molecule has 1 fully saturated rings. The Labute approximate surface area is 162 Å². The summed E-state index contributed by atoms with van der Waals surface area (Å²) in [7, 11) is 0. The molecular weight excluding hydrogens is 340 g/mol. The smallest absolute Gasteiger partial charge is 0.107 e. The van der Waals surface area contributed by atoms with Crippen molar-refractivity contribution in [1.82, 2.24) is 9.88 Å². The lowest BCUT2D eigenvalue weighted by atomic mass is 9.76. The van der Waals surface area contributed by atoms with Gasteiger partial charge in [-0.1, -0.05) is 44.2 Å². The lowest BCUT2D eigenvalue weighted by molar-refractivity contribution is 0.0207. The van der Waals surface area contributed by atoms with Gasteiger partial charge in [0.1, 0.15) is 5.01 Å². The number of thiazole rings is 1. The second-order valence-electron chi connectivity index (χ2n) is 8.13. The molecule has 1 aromatic carbocycles. The first-order valence-corrected chi connectivity index (χ1v) is 10.8. The predicted octanol–water partition coefficient (Wildman–Crippen LogP) is 4.86. The van der Waals surface area contributed by atoms with Crippen LogP contribution >= 0.6 is 11.3 Å². The summed E-state index contributed by atoms with van der Waals surface area (Å²) in [6, 6.07) is 10.7. The molecule has 1 N–H and O–H groups in total. The molecule has 26 heavy (non-hydrogen) atoms. The van der Waals surface area contributed by atoms with Crippen molar-refractivity contribution in [1.29, 1.82) is 0 Å². The minimum atomic E-state index is 0.0607. The third-order valence-corrected chi connectivity index (χ3v) is 6.46. The molecule has 0 radical (unpaired) electrons. The van der Waals surface area contributed by atoms with Gasteiger partial charge in [-0.2, -0.15) is 0 Å². The number of aromatic nitrogens is 1. The van der Waals surface area contributed by atoms with Crippen LogP contribution < -0.4 is 0 Å². The molecule has 1 saturated heterocycles. The Kier molecular flexibility index (Phi) is 6.85. The third-order valence-electron chi connectivity index (χ3n) is 5.61. The molecule has 1 atom stereocenters. The number of aliphatic hydroxyl groups excluding tert-OH is 1. The summed E-state index contributed by atoms with van der Waals surface area (Å²) in [4.78, 5) is 7.30. The molecule has 1 aromatic heterocycles. The summed E-state index contributed by atoms with van der Waals surface area (Å²) in [6.07, 6.45) is 5.67. The average Bonchev–Trinajstić information content (AvgIpc) is 3.12. The largest absolute Gasteiger partial charge is 0.396 e. The number of aliphatic hydroxyl groups is 1. The second kappa shape index (κ2) is 9.12. The lowest BCUT2D eigenvalue weighted by Gasteiger charge is -2.41. The number of aryl methyl sites for hydroxylation is 1. The van der Waals surface area contributed by atoms with E-state index in [0.29, 0.717) is 12.5 Å². The zero-order valence-corrected chi connectivity index (χ0v) is 17.0. The van der Waals surface area contributed by atoms with E-state index >= 15 is 0 Å². The van der Waals surface area contributed by atoms with E-state index in [-0.39, 0.29) is 5.41 Å². The summed E-state index contributed by atoms with van der Waals surface area (Å²) < 4.78 is 0. The van der Waals surface area contributed by atoms with Crippen molar-refractivity contribution in [3.05, 3.63) is 52.0 Å². The van der Waals surface area contributed by atoms with E-state index in [2.05, 4.69) is 54.5 Å². The topological polar surface area (TPSA) is 36.4 Å². The number of nitrogens with zero attached hydrogens (tertiary/aromatic N) is 2. The zero-order chi connectivity index (χ0) is 18.4. The number of piperidine rings is 1. The van der Waals surface area contributed by atoms with Crippen LogP contribution in [0.25, 0.3) is 0 Å². The highest BCUT2D eigenvalue weighted by Gasteiger charge is 2.34. The molecule has 0 bridgehead atoms. The molecule has 4 heteroatoms. The van der Waals surface area contributed by atoms with Crippen LogP contribution in [0.4, 0.5) is 0 Å². The van der Waals surface area contributed by atoms with Gasteiger partial charge >= 0.3 is 0 Å². The van der Waals surface area contributed by atoms with Crippen LogP contribution in [0.5, 0.6) is 0 Å². The average molecular weight is 373 g/mol. The van der Waals surface area contributed by atoms with Crippen molar-refractivity contribution in [3.63, 3.8) is 0 Å². The van der Waals surface area contributed by atoms with Crippen molar-refractivity contribution in [3.8, 4) is 0 Å². The van der Waals surface area contributed by atoms with Gasteiger partial charge < -0.3 is 5.11 Å². The van der Waals surface area contributed by atoms with Crippen molar-refractivity contribution in [2.45, 2.75) is 58.4 Å². The fraction of sp³-hybridized carbons (Fsp3) is 0.591. The Morgan fingerprint density at radius 2 is 2.08 bits per heavy atom. The molecule has 2 heterocycles. The molecular formula is C22H32N2OS. The molecule has 0 unspecified atom stereocenters. The highest BCUT2D eigenvalue weighted by molar-refractivity contribution is 7.09. The van der Waals surface area contributed by atoms with E-state index in [4.69, 9.17) is 4.98 Å². The number of benzene rings is 1. The molecule has 1 aliphatic heterocycles. The van der Waals surface area contributed by atoms with E-state index in [1.807, 2.05) is 0 Å². The Morgan fingerprint density at radius 3 is 2.77 bits per heavy atom. The van der Waals surface area contributed by atoms with Gasteiger partial charge in [0, 0.05) is 23.9 Å². The first-order chi connectivity index (χ1) is 12.6. The fourth-order valence-electron chi connectivity index (χ4n) is 4.02. The van der Waals surface area contributed by atoms with Crippen LogP contribution in [0.1, 0.15) is 61.7 Å². The van der Waals surface area contributed by atoms with E-state index in [9.17, 15) is 5.11 Å². The van der Waals surface area contributed by atoms with Gasteiger partial charge in [-0.05, 0) is 50.1 Å². The van der Waals surface area contributed by atoms with Gasteiger partial charge in [-0.15, -0.1) is 11.3 Å². The lowest BCUT2D eigenvalue weighted by Crippen LogP contribution is -2.45. The van der Waals surface area contributed by atoms with E-state index in [1.165, 1.54) is 22.7 Å². The van der Waals surface area contributed by atoms with Crippen LogP contribution in [-0.2, 0) is 13.0 Å². The molecule has 3 nitrogen and oxygen atoms in total. The maximum absolute atomic E-state index is 10.2. The van der Waals surface area contributed by atoms with Gasteiger partial charge in [0.25, 0.3) is 0 Å². The van der Waals surface area contributed by atoms with Gasteiger partial charge in [0.05, 0.1) is 12.2 Å². The number of rotatable bonds is 8. The summed E-state index contributed by atoms with van der Waals surface area (Å²) in [5.41, 5.74) is 2.67. The quantitative estimate of drug-likeness (QED) is 0.718. The Balaban J connectivity index is 1.55. The molecule has 142 valence electrons. The van der Waals surface area contributed by atoms with Crippen LogP contribution in [-0.4, -0.2) is 34.7 Å². The Bertz CT molecular complexity index is 670. The van der Waals surface area contributed by atoms with Gasteiger partial charge in [-0.3, -0.25) is 4.90 Å². The van der Waals surface area contributed by atoms with Gasteiger partial charge in [0.15, 0.2) is 0 Å².